The van der Waals surface area contributed by atoms with Crippen LogP contribution in [0.25, 0.3) is 0 Å². The van der Waals surface area contributed by atoms with Gasteiger partial charge < -0.3 is 14.4 Å². The second-order valence-electron chi connectivity index (χ2n) is 9.92. The molecule has 0 amide bonds. The van der Waals surface area contributed by atoms with Crippen LogP contribution in [0, 0.1) is 23.2 Å². The molecule has 0 unspecified atom stereocenters. The third-order valence-corrected chi connectivity index (χ3v) is 8.51. The summed E-state index contributed by atoms with van der Waals surface area (Å²) in [7, 11) is 0. The van der Waals surface area contributed by atoms with E-state index in [0.29, 0.717) is 11.8 Å². The van der Waals surface area contributed by atoms with Crippen molar-refractivity contribution < 1.29 is 19.2 Å². The standard InChI is InChI=1S/C21H33NO3/c1-14-8-7-9-20(2)12-16-17(18-21(14,20)25-18)15(19(23)24-16)13-22-10-5-3-4-6-11-22/h14-18H,3-13H2,1-2H3/p+1/t14-,15+,16-,17-,18+,20-,21+/m1/s1. The molecule has 1 spiro atoms. The molecule has 3 heterocycles. The summed E-state index contributed by atoms with van der Waals surface area (Å²) in [6.07, 6.45) is 10.5. The van der Waals surface area contributed by atoms with Gasteiger partial charge >= 0.3 is 5.97 Å². The predicted molar refractivity (Wildman–Crippen MR) is 94.2 cm³/mol. The summed E-state index contributed by atoms with van der Waals surface area (Å²) >= 11 is 0. The number of hydrogen-bond acceptors (Lipinski definition) is 3. The largest absolute Gasteiger partial charge is 0.462 e. The van der Waals surface area contributed by atoms with Crippen LogP contribution in [-0.2, 0) is 14.3 Å². The average Bonchev–Trinajstić information content (AvgIpc) is 3.30. The van der Waals surface area contributed by atoms with Crippen molar-refractivity contribution in [1.29, 1.82) is 0 Å². The van der Waals surface area contributed by atoms with Crippen LogP contribution in [-0.4, -0.2) is 43.4 Å². The van der Waals surface area contributed by atoms with Crippen molar-refractivity contribution in [2.75, 3.05) is 19.6 Å². The number of carbonyl (C=O) groups excluding carboxylic acids is 1. The first-order chi connectivity index (χ1) is 12.1. The van der Waals surface area contributed by atoms with Gasteiger partial charge in [-0.15, -0.1) is 0 Å². The highest BCUT2D eigenvalue weighted by Gasteiger charge is 2.78. The number of ether oxygens (including phenoxy) is 2. The molecule has 3 saturated heterocycles. The Morgan fingerprint density at radius 2 is 1.92 bits per heavy atom. The first-order valence-electron chi connectivity index (χ1n) is 10.8. The van der Waals surface area contributed by atoms with E-state index in [9.17, 15) is 4.79 Å². The quantitative estimate of drug-likeness (QED) is 0.613. The van der Waals surface area contributed by atoms with Crippen LogP contribution in [0.4, 0.5) is 0 Å². The van der Waals surface area contributed by atoms with Gasteiger partial charge in [0.25, 0.3) is 0 Å². The number of fused-ring (bicyclic) bond motifs is 2. The summed E-state index contributed by atoms with van der Waals surface area (Å²) in [6.45, 7) is 8.21. The van der Waals surface area contributed by atoms with Gasteiger partial charge in [0.2, 0.25) is 0 Å². The Balaban J connectivity index is 1.38. The summed E-state index contributed by atoms with van der Waals surface area (Å²) in [6, 6.07) is 0. The fourth-order valence-electron chi connectivity index (χ4n) is 7.21. The van der Waals surface area contributed by atoms with Crippen LogP contribution in [0.2, 0.25) is 0 Å². The SMILES string of the molecule is C[C@@H]1CCC[C@]2(C)C[C@H]3OC(=O)[C@@H](C[NH+]4CCCCCC4)[C@H]3[C@@H]3O[C@@]132. The Kier molecular flexibility index (Phi) is 3.77. The Morgan fingerprint density at radius 1 is 1.16 bits per heavy atom. The molecule has 5 fully saturated rings. The first kappa shape index (κ1) is 16.6. The molecule has 4 heteroatoms. The molecule has 140 valence electrons. The molecule has 5 rings (SSSR count). The van der Waals surface area contributed by atoms with Crippen LogP contribution >= 0.6 is 0 Å². The molecule has 2 saturated carbocycles. The van der Waals surface area contributed by atoms with Gasteiger partial charge in [-0.2, -0.15) is 0 Å². The van der Waals surface area contributed by atoms with Crippen molar-refractivity contribution in [2.24, 2.45) is 23.2 Å². The Labute approximate surface area is 151 Å². The lowest BCUT2D eigenvalue weighted by Crippen LogP contribution is -3.12. The highest BCUT2D eigenvalue weighted by Crippen LogP contribution is 2.70. The average molecular weight is 349 g/mol. The number of likely N-dealkylation sites (tertiary alicyclic amines) is 1. The van der Waals surface area contributed by atoms with E-state index < -0.39 is 0 Å². The molecule has 7 atom stereocenters. The van der Waals surface area contributed by atoms with Crippen molar-refractivity contribution in [3.8, 4) is 0 Å². The normalized spacial score (nSPS) is 52.6. The number of esters is 1. The van der Waals surface area contributed by atoms with Gasteiger partial charge in [-0.1, -0.05) is 20.3 Å². The Morgan fingerprint density at radius 3 is 2.68 bits per heavy atom. The van der Waals surface area contributed by atoms with E-state index in [1.54, 1.807) is 4.90 Å². The van der Waals surface area contributed by atoms with Gasteiger partial charge in [0.05, 0.1) is 25.7 Å². The van der Waals surface area contributed by atoms with E-state index in [4.69, 9.17) is 9.47 Å². The first-order valence-corrected chi connectivity index (χ1v) is 10.8. The minimum absolute atomic E-state index is 0.0484. The summed E-state index contributed by atoms with van der Waals surface area (Å²) in [4.78, 5) is 14.4. The lowest BCUT2D eigenvalue weighted by molar-refractivity contribution is -0.902. The predicted octanol–water partition coefficient (Wildman–Crippen LogP) is 1.97. The monoisotopic (exact) mass is 348 g/mol. The third-order valence-electron chi connectivity index (χ3n) is 8.51. The van der Waals surface area contributed by atoms with Gasteiger partial charge in [0, 0.05) is 11.3 Å². The number of rotatable bonds is 2. The third kappa shape index (κ3) is 2.29. The molecule has 1 N–H and O–H groups in total. The molecule has 2 aliphatic carbocycles. The zero-order valence-electron chi connectivity index (χ0n) is 15.9. The van der Waals surface area contributed by atoms with Crippen LogP contribution in [0.5, 0.6) is 0 Å². The Bertz CT molecular complexity index is 557. The summed E-state index contributed by atoms with van der Waals surface area (Å²) in [5.74, 6) is 1.09. The van der Waals surface area contributed by atoms with Crippen molar-refractivity contribution in [2.45, 2.75) is 83.0 Å². The van der Waals surface area contributed by atoms with Gasteiger partial charge in [0.1, 0.15) is 17.6 Å². The van der Waals surface area contributed by atoms with Crippen LogP contribution in [0.3, 0.4) is 0 Å². The number of carbonyl (C=O) groups is 1. The van der Waals surface area contributed by atoms with E-state index in [0.717, 1.165) is 13.0 Å². The van der Waals surface area contributed by atoms with E-state index in [-0.39, 0.29) is 35.1 Å². The lowest BCUT2D eigenvalue weighted by atomic mass is 9.53. The maximum absolute atomic E-state index is 12.8. The van der Waals surface area contributed by atoms with Crippen LogP contribution in [0.15, 0.2) is 0 Å². The molecular weight excluding hydrogens is 314 g/mol. The minimum Gasteiger partial charge on any atom is -0.462 e. The van der Waals surface area contributed by atoms with Crippen molar-refractivity contribution in [3.63, 3.8) is 0 Å². The molecular formula is C21H34NO3+. The smallest absolute Gasteiger partial charge is 0.315 e. The summed E-state index contributed by atoms with van der Waals surface area (Å²) in [5, 5.41) is 0. The number of nitrogens with one attached hydrogen (secondary N) is 1. The van der Waals surface area contributed by atoms with Gasteiger partial charge in [0.15, 0.2) is 0 Å². The summed E-state index contributed by atoms with van der Waals surface area (Å²) in [5.41, 5.74) is 0.258. The van der Waals surface area contributed by atoms with Gasteiger partial charge in [-0.25, -0.2) is 0 Å². The van der Waals surface area contributed by atoms with Crippen LogP contribution < -0.4 is 4.90 Å². The molecule has 0 aromatic heterocycles. The van der Waals surface area contributed by atoms with Gasteiger partial charge in [-0.3, -0.25) is 4.79 Å². The minimum atomic E-state index is 0.0484. The van der Waals surface area contributed by atoms with Crippen molar-refractivity contribution >= 4 is 5.97 Å². The molecule has 5 aliphatic rings. The maximum Gasteiger partial charge on any atom is 0.315 e. The topological polar surface area (TPSA) is 43.3 Å². The molecule has 0 bridgehead atoms. The number of hydrogen-bond donors (Lipinski definition) is 1. The molecule has 0 aromatic rings. The zero-order valence-corrected chi connectivity index (χ0v) is 15.9. The fraction of sp³-hybridized carbons (Fsp3) is 0.952. The molecule has 3 aliphatic heterocycles. The number of epoxide rings is 1. The van der Waals surface area contributed by atoms with E-state index in [1.165, 1.54) is 58.0 Å². The highest BCUT2D eigenvalue weighted by atomic mass is 16.6. The second-order valence-corrected chi connectivity index (χ2v) is 9.92. The Hall–Kier alpha value is -0.610. The van der Waals surface area contributed by atoms with Crippen molar-refractivity contribution in [1.82, 2.24) is 0 Å². The maximum atomic E-state index is 12.8. The fourth-order valence-corrected chi connectivity index (χ4v) is 7.21. The van der Waals surface area contributed by atoms with E-state index in [2.05, 4.69) is 13.8 Å². The van der Waals surface area contributed by atoms with Crippen LogP contribution in [0.1, 0.15) is 65.2 Å². The molecule has 4 nitrogen and oxygen atoms in total. The van der Waals surface area contributed by atoms with E-state index >= 15 is 0 Å². The molecule has 25 heavy (non-hydrogen) atoms. The number of quaternary nitrogens is 1. The highest BCUT2D eigenvalue weighted by molar-refractivity contribution is 5.76. The van der Waals surface area contributed by atoms with E-state index in [1.807, 2.05) is 0 Å². The van der Waals surface area contributed by atoms with Crippen molar-refractivity contribution in [3.05, 3.63) is 0 Å². The second kappa shape index (κ2) is 5.69. The summed E-state index contributed by atoms with van der Waals surface area (Å²) < 4.78 is 12.5. The zero-order chi connectivity index (χ0) is 17.2. The molecule has 0 radical (unpaired) electrons. The van der Waals surface area contributed by atoms with Gasteiger partial charge in [-0.05, 0) is 50.9 Å². The lowest BCUT2D eigenvalue weighted by Gasteiger charge is -2.48. The molecule has 0 aromatic carbocycles.